The number of aromatic nitrogens is 6. The van der Waals surface area contributed by atoms with Gasteiger partial charge in [-0.25, -0.2) is 0 Å². The van der Waals surface area contributed by atoms with Crippen molar-refractivity contribution in [2.75, 3.05) is 0 Å². The highest BCUT2D eigenvalue weighted by Crippen LogP contribution is 2.39. The lowest BCUT2D eigenvalue weighted by Gasteiger charge is -2.15. The van der Waals surface area contributed by atoms with Crippen LogP contribution in [0.25, 0.3) is 127 Å². The van der Waals surface area contributed by atoms with Gasteiger partial charge < -0.3 is 8.98 Å². The summed E-state index contributed by atoms with van der Waals surface area (Å²) < 4.78 is 13.2. The van der Waals surface area contributed by atoms with E-state index in [2.05, 4.69) is 208 Å². The Bertz CT molecular complexity index is 3930. The summed E-state index contributed by atoms with van der Waals surface area (Å²) in [7, 11) is 0. The van der Waals surface area contributed by atoms with Crippen LogP contribution in [-0.2, 0) is 0 Å². The molecule has 5 aromatic heterocycles. The Labute approximate surface area is 365 Å². The number of hydrogen-bond acceptors (Lipinski definition) is 4. The summed E-state index contributed by atoms with van der Waals surface area (Å²) in [6.45, 7) is 0. The highest BCUT2D eigenvalue weighted by Gasteiger charge is 2.22. The standard InChI is InChI=1S/C57H34N6O/c1-8-22-47-39(15-1)40-16-2-9-23-48(40)61(47)38-32-36(35-29-30-46-45-21-7-14-28-53(45)64-54(46)34-35)31-37(33-38)55-58-56(62-49-24-10-3-17-41(49)42-18-4-11-25-50(42)62)60-57(59-55)63-51-26-12-5-19-43(51)44-20-6-13-27-52(44)63/h1-34H. The average Bonchev–Trinajstić information content (AvgIpc) is 4.10. The number of benzene rings is 9. The van der Waals surface area contributed by atoms with E-state index in [0.717, 1.165) is 99.0 Å². The van der Waals surface area contributed by atoms with E-state index in [0.29, 0.717) is 17.7 Å². The van der Waals surface area contributed by atoms with Crippen molar-refractivity contribution in [1.82, 2.24) is 28.7 Å². The normalized spacial score (nSPS) is 12.1. The number of nitrogens with zero attached hydrogens (tertiary/aromatic N) is 6. The van der Waals surface area contributed by atoms with Crippen molar-refractivity contribution in [3.63, 3.8) is 0 Å². The van der Waals surface area contributed by atoms with E-state index in [1.807, 2.05) is 12.1 Å². The number of furan rings is 1. The Morgan fingerprint density at radius 1 is 0.281 bits per heavy atom. The van der Waals surface area contributed by atoms with Crippen LogP contribution in [0.3, 0.4) is 0 Å². The first-order valence-corrected chi connectivity index (χ1v) is 21.5. The molecule has 0 fully saturated rings. The van der Waals surface area contributed by atoms with Gasteiger partial charge in [-0.1, -0.05) is 133 Å². The number of hydrogen-bond donors (Lipinski definition) is 0. The molecule has 0 aliphatic rings. The monoisotopic (exact) mass is 818 g/mol. The van der Waals surface area contributed by atoms with Crippen molar-refractivity contribution in [3.05, 3.63) is 206 Å². The van der Waals surface area contributed by atoms with Crippen LogP contribution in [0.1, 0.15) is 0 Å². The summed E-state index contributed by atoms with van der Waals surface area (Å²) in [6, 6.07) is 72.6. The summed E-state index contributed by atoms with van der Waals surface area (Å²) in [5.41, 5.74) is 11.9. The minimum Gasteiger partial charge on any atom is -0.456 e. The smallest absolute Gasteiger partial charge is 0.240 e. The minimum atomic E-state index is 0.534. The lowest BCUT2D eigenvalue weighted by Crippen LogP contribution is -2.10. The van der Waals surface area contributed by atoms with Crippen LogP contribution in [-0.4, -0.2) is 28.7 Å². The molecule has 0 unspecified atom stereocenters. The maximum absolute atomic E-state index is 6.46. The molecule has 14 aromatic rings. The van der Waals surface area contributed by atoms with Gasteiger partial charge in [-0.3, -0.25) is 9.13 Å². The van der Waals surface area contributed by atoms with Crippen LogP contribution < -0.4 is 0 Å². The van der Waals surface area contributed by atoms with E-state index in [1.54, 1.807) is 0 Å². The van der Waals surface area contributed by atoms with Crippen molar-refractivity contribution in [2.45, 2.75) is 0 Å². The van der Waals surface area contributed by atoms with Crippen LogP contribution in [0.5, 0.6) is 0 Å². The molecule has 0 aliphatic carbocycles. The van der Waals surface area contributed by atoms with E-state index in [-0.39, 0.29) is 0 Å². The van der Waals surface area contributed by atoms with Crippen molar-refractivity contribution in [3.8, 4) is 40.1 Å². The van der Waals surface area contributed by atoms with Crippen LogP contribution in [0.2, 0.25) is 0 Å². The molecule has 5 heterocycles. The Balaban J connectivity index is 1.09. The van der Waals surface area contributed by atoms with Gasteiger partial charge in [0, 0.05) is 54.3 Å². The summed E-state index contributed by atoms with van der Waals surface area (Å²) in [6.07, 6.45) is 0. The molecule has 0 atom stereocenters. The largest absolute Gasteiger partial charge is 0.456 e. The second-order valence-corrected chi connectivity index (χ2v) is 16.4. The highest BCUT2D eigenvalue weighted by molar-refractivity contribution is 6.11. The zero-order valence-corrected chi connectivity index (χ0v) is 34.2. The minimum absolute atomic E-state index is 0.534. The van der Waals surface area contributed by atoms with Gasteiger partial charge in [-0.15, -0.1) is 0 Å². The van der Waals surface area contributed by atoms with Crippen LogP contribution in [0.4, 0.5) is 0 Å². The second kappa shape index (κ2) is 13.3. The van der Waals surface area contributed by atoms with Crippen molar-refractivity contribution < 1.29 is 4.42 Å². The third kappa shape index (κ3) is 5.06. The Kier molecular flexibility index (Phi) is 7.27. The molecule has 298 valence electrons. The van der Waals surface area contributed by atoms with Crippen LogP contribution >= 0.6 is 0 Å². The highest BCUT2D eigenvalue weighted by atomic mass is 16.3. The lowest BCUT2D eigenvalue weighted by atomic mass is 10.00. The Morgan fingerprint density at radius 3 is 1.16 bits per heavy atom. The fraction of sp³-hybridized carbons (Fsp3) is 0. The molecule has 0 spiro atoms. The summed E-state index contributed by atoms with van der Waals surface area (Å²) >= 11 is 0. The third-order valence-corrected chi connectivity index (χ3v) is 12.9. The van der Waals surface area contributed by atoms with Crippen molar-refractivity contribution in [1.29, 1.82) is 0 Å². The average molecular weight is 819 g/mol. The van der Waals surface area contributed by atoms with Gasteiger partial charge >= 0.3 is 0 Å². The number of fused-ring (bicyclic) bond motifs is 12. The molecule has 7 nitrogen and oxygen atoms in total. The maximum Gasteiger partial charge on any atom is 0.240 e. The van der Waals surface area contributed by atoms with Gasteiger partial charge in [0.15, 0.2) is 5.82 Å². The zero-order valence-electron chi connectivity index (χ0n) is 34.2. The molecule has 64 heavy (non-hydrogen) atoms. The SMILES string of the molecule is c1ccc2c(c1)oc1cc(-c3cc(-c4nc(-n5c6ccccc6c6ccccc65)nc(-n5c6ccccc6c6ccccc65)n4)cc(-n4c5ccccc5c5ccccc54)c3)ccc12. The first-order valence-electron chi connectivity index (χ1n) is 21.5. The van der Waals surface area contributed by atoms with Crippen molar-refractivity contribution in [2.24, 2.45) is 0 Å². The molecule has 0 saturated carbocycles. The van der Waals surface area contributed by atoms with E-state index in [4.69, 9.17) is 19.4 Å². The quantitative estimate of drug-likeness (QED) is 0.173. The Hall–Kier alpha value is -8.81. The van der Waals surface area contributed by atoms with E-state index in [9.17, 15) is 0 Å². The van der Waals surface area contributed by atoms with E-state index >= 15 is 0 Å². The molecule has 0 bridgehead atoms. The molecular weight excluding hydrogens is 785 g/mol. The second-order valence-electron chi connectivity index (χ2n) is 16.4. The predicted octanol–water partition coefficient (Wildman–Crippen LogP) is 14.4. The van der Waals surface area contributed by atoms with Gasteiger partial charge in [0.25, 0.3) is 0 Å². The van der Waals surface area contributed by atoms with Crippen molar-refractivity contribution >= 4 is 87.4 Å². The van der Waals surface area contributed by atoms with Gasteiger partial charge in [-0.2, -0.15) is 15.0 Å². The van der Waals surface area contributed by atoms with Gasteiger partial charge in [0.1, 0.15) is 11.2 Å². The number of rotatable bonds is 5. The van der Waals surface area contributed by atoms with Gasteiger partial charge in [0.2, 0.25) is 11.9 Å². The molecule has 0 amide bonds. The molecule has 0 radical (unpaired) electrons. The van der Waals surface area contributed by atoms with Gasteiger partial charge in [-0.05, 0) is 83.9 Å². The summed E-state index contributed by atoms with van der Waals surface area (Å²) in [4.78, 5) is 16.4. The zero-order chi connectivity index (χ0) is 41.9. The fourth-order valence-electron chi connectivity index (χ4n) is 10.1. The molecule has 0 N–H and O–H groups in total. The first kappa shape index (κ1) is 34.9. The number of para-hydroxylation sites is 7. The molecule has 14 rings (SSSR count). The first-order chi connectivity index (χ1) is 31.7. The lowest BCUT2D eigenvalue weighted by molar-refractivity contribution is 0.669. The third-order valence-electron chi connectivity index (χ3n) is 12.9. The molecule has 9 aromatic carbocycles. The summed E-state index contributed by atoms with van der Waals surface area (Å²) in [5, 5.41) is 9.11. The molecular formula is C57H34N6O. The molecule has 0 aliphatic heterocycles. The maximum atomic E-state index is 6.46. The van der Waals surface area contributed by atoms with E-state index in [1.165, 1.54) is 10.8 Å². The summed E-state index contributed by atoms with van der Waals surface area (Å²) in [5.74, 6) is 1.62. The van der Waals surface area contributed by atoms with Crippen LogP contribution in [0, 0.1) is 0 Å². The van der Waals surface area contributed by atoms with E-state index < -0.39 is 0 Å². The molecule has 7 heteroatoms. The molecule has 0 saturated heterocycles. The predicted molar refractivity (Wildman–Crippen MR) is 261 cm³/mol. The van der Waals surface area contributed by atoms with Crippen LogP contribution in [0.15, 0.2) is 211 Å². The topological polar surface area (TPSA) is 66.6 Å². The Morgan fingerprint density at radius 2 is 0.672 bits per heavy atom. The fourth-order valence-corrected chi connectivity index (χ4v) is 10.1. The van der Waals surface area contributed by atoms with Gasteiger partial charge in [0.05, 0.1) is 33.1 Å².